The lowest BCUT2D eigenvalue weighted by molar-refractivity contribution is 0.0996. The highest BCUT2D eigenvalue weighted by molar-refractivity contribution is 7.13. The van der Waals surface area contributed by atoms with Crippen molar-refractivity contribution in [1.82, 2.24) is 15.2 Å². The molecule has 0 saturated carbocycles. The van der Waals surface area contributed by atoms with E-state index in [2.05, 4.69) is 15.2 Å². The molecule has 6 heteroatoms. The van der Waals surface area contributed by atoms with Crippen molar-refractivity contribution in [3.05, 3.63) is 29.5 Å². The predicted molar refractivity (Wildman–Crippen MR) is 51.7 cm³/mol. The average Bonchev–Trinajstić information content (AvgIpc) is 2.68. The number of hydrogen-bond acceptors (Lipinski definition) is 5. The Morgan fingerprint density at radius 1 is 1.43 bits per heavy atom. The molecule has 0 fully saturated rings. The number of aromatic nitrogens is 3. The van der Waals surface area contributed by atoms with Gasteiger partial charge >= 0.3 is 0 Å². The Labute approximate surface area is 83.6 Å². The van der Waals surface area contributed by atoms with Gasteiger partial charge in [-0.2, -0.15) is 10.2 Å². The standard InChI is InChI=1S/C8H6N4OS/c9-7(13)6-4-14-8(12-6)5-1-2-10-11-3-5/h1-4H,(H2,9,13). The first-order valence-electron chi connectivity index (χ1n) is 3.80. The number of amides is 1. The van der Waals surface area contributed by atoms with Crippen LogP contribution in [0, 0.1) is 0 Å². The van der Waals surface area contributed by atoms with Crippen molar-refractivity contribution in [3.8, 4) is 10.6 Å². The van der Waals surface area contributed by atoms with Gasteiger partial charge in [-0.15, -0.1) is 11.3 Å². The molecule has 0 saturated heterocycles. The highest BCUT2D eigenvalue weighted by atomic mass is 32.1. The van der Waals surface area contributed by atoms with E-state index in [-0.39, 0.29) is 5.69 Å². The molecule has 2 aromatic heterocycles. The molecule has 0 radical (unpaired) electrons. The van der Waals surface area contributed by atoms with Gasteiger partial charge in [-0.3, -0.25) is 4.79 Å². The zero-order valence-corrected chi connectivity index (χ0v) is 7.86. The molecule has 2 heterocycles. The summed E-state index contributed by atoms with van der Waals surface area (Å²) >= 11 is 1.35. The molecule has 5 nitrogen and oxygen atoms in total. The van der Waals surface area contributed by atoms with E-state index in [0.717, 1.165) is 5.56 Å². The lowest BCUT2D eigenvalue weighted by atomic mass is 10.3. The highest BCUT2D eigenvalue weighted by Gasteiger charge is 2.07. The average molecular weight is 206 g/mol. The van der Waals surface area contributed by atoms with Crippen LogP contribution in [0.2, 0.25) is 0 Å². The van der Waals surface area contributed by atoms with Gasteiger partial charge in [-0.1, -0.05) is 0 Å². The number of carbonyl (C=O) groups is 1. The van der Waals surface area contributed by atoms with Crippen LogP contribution in [0.1, 0.15) is 10.5 Å². The summed E-state index contributed by atoms with van der Waals surface area (Å²) in [6.45, 7) is 0. The van der Waals surface area contributed by atoms with Gasteiger partial charge in [-0.25, -0.2) is 4.98 Å². The minimum atomic E-state index is -0.519. The van der Waals surface area contributed by atoms with Crippen molar-refractivity contribution < 1.29 is 4.79 Å². The second kappa shape index (κ2) is 3.51. The maximum atomic E-state index is 10.8. The Balaban J connectivity index is 2.39. The van der Waals surface area contributed by atoms with Crippen molar-refractivity contribution in [2.45, 2.75) is 0 Å². The van der Waals surface area contributed by atoms with Gasteiger partial charge in [0.2, 0.25) is 0 Å². The minimum Gasteiger partial charge on any atom is -0.364 e. The van der Waals surface area contributed by atoms with Crippen molar-refractivity contribution >= 4 is 17.2 Å². The molecule has 0 unspecified atom stereocenters. The largest absolute Gasteiger partial charge is 0.364 e. The fourth-order valence-electron chi connectivity index (χ4n) is 0.937. The molecule has 0 aliphatic rings. The van der Waals surface area contributed by atoms with Crippen LogP contribution >= 0.6 is 11.3 Å². The van der Waals surface area contributed by atoms with Crippen LogP contribution in [-0.4, -0.2) is 21.1 Å². The van der Waals surface area contributed by atoms with Crippen LogP contribution in [0.3, 0.4) is 0 Å². The van der Waals surface area contributed by atoms with Gasteiger partial charge in [0.25, 0.3) is 5.91 Å². The molecule has 1 amide bonds. The Morgan fingerprint density at radius 2 is 2.29 bits per heavy atom. The summed E-state index contributed by atoms with van der Waals surface area (Å²) in [5.41, 5.74) is 6.19. The van der Waals surface area contributed by atoms with Gasteiger partial charge in [0.1, 0.15) is 10.7 Å². The van der Waals surface area contributed by atoms with Gasteiger partial charge in [0.15, 0.2) is 0 Å². The highest BCUT2D eigenvalue weighted by Crippen LogP contribution is 2.21. The fraction of sp³-hybridized carbons (Fsp3) is 0. The van der Waals surface area contributed by atoms with Gasteiger partial charge in [0, 0.05) is 10.9 Å². The summed E-state index contributed by atoms with van der Waals surface area (Å²) in [7, 11) is 0. The SMILES string of the molecule is NC(=O)c1csc(-c2ccnnc2)n1. The zero-order chi connectivity index (χ0) is 9.97. The van der Waals surface area contributed by atoms with Crippen LogP contribution in [0.15, 0.2) is 23.8 Å². The molecule has 0 atom stereocenters. The minimum absolute atomic E-state index is 0.279. The Morgan fingerprint density at radius 3 is 2.86 bits per heavy atom. The molecule has 2 rings (SSSR count). The maximum Gasteiger partial charge on any atom is 0.268 e. The number of nitrogens with two attached hydrogens (primary N) is 1. The van der Waals surface area contributed by atoms with Crippen molar-refractivity contribution in [2.24, 2.45) is 5.73 Å². The monoisotopic (exact) mass is 206 g/mol. The maximum absolute atomic E-state index is 10.8. The first-order valence-corrected chi connectivity index (χ1v) is 4.68. The molecule has 70 valence electrons. The number of primary amides is 1. The number of carbonyl (C=O) groups excluding carboxylic acids is 1. The molecule has 0 aliphatic heterocycles. The normalized spacial score (nSPS) is 10.0. The molecule has 0 aliphatic carbocycles. The van der Waals surface area contributed by atoms with Gasteiger partial charge < -0.3 is 5.73 Å². The summed E-state index contributed by atoms with van der Waals surface area (Å²) in [5, 5.41) is 9.70. The van der Waals surface area contributed by atoms with Crippen molar-refractivity contribution in [3.63, 3.8) is 0 Å². The second-order valence-electron chi connectivity index (χ2n) is 2.53. The predicted octanol–water partition coefficient (Wildman–Crippen LogP) is 0.699. The van der Waals surface area contributed by atoms with E-state index < -0.39 is 5.91 Å². The van der Waals surface area contributed by atoms with E-state index in [1.165, 1.54) is 11.3 Å². The first kappa shape index (κ1) is 8.76. The molecule has 2 N–H and O–H groups in total. The van der Waals surface area contributed by atoms with Crippen LogP contribution in [0.4, 0.5) is 0 Å². The van der Waals surface area contributed by atoms with E-state index in [0.29, 0.717) is 5.01 Å². The number of rotatable bonds is 2. The van der Waals surface area contributed by atoms with Gasteiger partial charge in [0.05, 0.1) is 12.4 Å². The zero-order valence-electron chi connectivity index (χ0n) is 7.04. The molecular formula is C8H6N4OS. The number of thiazole rings is 1. The Bertz CT molecular complexity index is 453. The summed E-state index contributed by atoms with van der Waals surface area (Å²) in [4.78, 5) is 14.8. The summed E-state index contributed by atoms with van der Waals surface area (Å²) < 4.78 is 0. The Kier molecular flexibility index (Phi) is 2.19. The molecule has 14 heavy (non-hydrogen) atoms. The Hall–Kier alpha value is -1.82. The van der Waals surface area contributed by atoms with Crippen molar-refractivity contribution in [1.29, 1.82) is 0 Å². The topological polar surface area (TPSA) is 81.8 Å². The van der Waals surface area contributed by atoms with E-state index in [1.54, 1.807) is 23.8 Å². The first-order chi connectivity index (χ1) is 6.77. The smallest absolute Gasteiger partial charge is 0.268 e. The molecular weight excluding hydrogens is 200 g/mol. The third-order valence-electron chi connectivity index (χ3n) is 1.59. The van der Waals surface area contributed by atoms with Crippen molar-refractivity contribution in [2.75, 3.05) is 0 Å². The third-order valence-corrected chi connectivity index (χ3v) is 2.48. The van der Waals surface area contributed by atoms with Gasteiger partial charge in [-0.05, 0) is 6.07 Å². The fourth-order valence-corrected chi connectivity index (χ4v) is 1.74. The molecule has 0 bridgehead atoms. The van der Waals surface area contributed by atoms with E-state index >= 15 is 0 Å². The second-order valence-corrected chi connectivity index (χ2v) is 3.39. The summed E-state index contributed by atoms with van der Waals surface area (Å²) in [6, 6.07) is 1.77. The molecule has 2 aromatic rings. The van der Waals surface area contributed by atoms with E-state index in [1.807, 2.05) is 0 Å². The molecule has 0 aromatic carbocycles. The van der Waals surface area contributed by atoms with Crippen LogP contribution in [-0.2, 0) is 0 Å². The third kappa shape index (κ3) is 1.60. The van der Waals surface area contributed by atoms with Crippen LogP contribution < -0.4 is 5.73 Å². The van der Waals surface area contributed by atoms with E-state index in [9.17, 15) is 4.79 Å². The number of nitrogens with zero attached hydrogens (tertiary/aromatic N) is 3. The van der Waals surface area contributed by atoms with E-state index in [4.69, 9.17) is 5.73 Å². The lowest BCUT2D eigenvalue weighted by Gasteiger charge is -1.91. The summed E-state index contributed by atoms with van der Waals surface area (Å²) in [6.07, 6.45) is 3.16. The quantitative estimate of drug-likeness (QED) is 0.784. The molecule has 0 spiro atoms. The van der Waals surface area contributed by atoms with Crippen LogP contribution in [0.25, 0.3) is 10.6 Å². The lowest BCUT2D eigenvalue weighted by Crippen LogP contribution is -2.10. The van der Waals surface area contributed by atoms with Crippen LogP contribution in [0.5, 0.6) is 0 Å². The summed E-state index contributed by atoms with van der Waals surface area (Å²) in [5.74, 6) is -0.519. The number of hydrogen-bond donors (Lipinski definition) is 1.